The number of ether oxygens (including phenoxy) is 2. The number of hydrogen-bond donors (Lipinski definition) is 2. The van der Waals surface area contributed by atoms with Gasteiger partial charge < -0.3 is 14.4 Å². The van der Waals surface area contributed by atoms with E-state index >= 15 is 0 Å². The first kappa shape index (κ1) is 15.7. The van der Waals surface area contributed by atoms with Gasteiger partial charge in [0.25, 0.3) is 0 Å². The van der Waals surface area contributed by atoms with Gasteiger partial charge in [0.15, 0.2) is 11.5 Å². The summed E-state index contributed by atoms with van der Waals surface area (Å²) in [5.41, 5.74) is 7.41. The summed E-state index contributed by atoms with van der Waals surface area (Å²) in [6.07, 6.45) is 4.99. The summed E-state index contributed by atoms with van der Waals surface area (Å²) in [6.45, 7) is 2.98. The molecule has 1 saturated heterocycles. The minimum atomic E-state index is 0.286. The van der Waals surface area contributed by atoms with E-state index < -0.39 is 0 Å². The topological polar surface area (TPSA) is 62.8 Å². The van der Waals surface area contributed by atoms with E-state index in [9.17, 15) is 4.79 Å². The molecule has 130 valence electrons. The first-order chi connectivity index (χ1) is 11.8. The summed E-state index contributed by atoms with van der Waals surface area (Å²) < 4.78 is 10.8. The van der Waals surface area contributed by atoms with E-state index in [1.54, 1.807) is 0 Å². The van der Waals surface area contributed by atoms with Crippen LogP contribution in [0.15, 0.2) is 18.2 Å². The van der Waals surface area contributed by atoms with Gasteiger partial charge in [0.1, 0.15) is 0 Å². The third kappa shape index (κ3) is 3.65. The third-order valence-electron chi connectivity index (χ3n) is 5.01. The van der Waals surface area contributed by atoms with Crippen LogP contribution in [0.2, 0.25) is 0 Å². The highest BCUT2D eigenvalue weighted by Gasteiger charge is 2.32. The zero-order valence-electron chi connectivity index (χ0n) is 13.9. The number of amides is 1. The molecule has 2 fully saturated rings. The third-order valence-corrected chi connectivity index (χ3v) is 5.01. The van der Waals surface area contributed by atoms with Crippen molar-refractivity contribution in [3.63, 3.8) is 0 Å². The Bertz CT molecular complexity index is 597. The number of carbonyl (C=O) groups is 1. The number of nitrogens with zero attached hydrogens (tertiary/aromatic N) is 1. The van der Waals surface area contributed by atoms with Gasteiger partial charge in [-0.15, -0.1) is 0 Å². The summed E-state index contributed by atoms with van der Waals surface area (Å²) in [7, 11) is 0. The lowest BCUT2D eigenvalue weighted by Gasteiger charge is -2.23. The van der Waals surface area contributed by atoms with Crippen molar-refractivity contribution in [1.29, 1.82) is 0 Å². The molecule has 24 heavy (non-hydrogen) atoms. The van der Waals surface area contributed by atoms with E-state index in [1.807, 2.05) is 18.2 Å². The van der Waals surface area contributed by atoms with Crippen LogP contribution in [0.4, 0.5) is 0 Å². The quantitative estimate of drug-likeness (QED) is 0.798. The van der Waals surface area contributed by atoms with Gasteiger partial charge >= 0.3 is 0 Å². The Morgan fingerprint density at radius 2 is 1.96 bits per heavy atom. The van der Waals surface area contributed by atoms with E-state index in [0.29, 0.717) is 24.9 Å². The maximum atomic E-state index is 12.7. The van der Waals surface area contributed by atoms with Crippen molar-refractivity contribution in [3.05, 3.63) is 23.8 Å². The largest absolute Gasteiger partial charge is 0.454 e. The lowest BCUT2D eigenvalue weighted by atomic mass is 10.0. The number of benzene rings is 1. The molecule has 0 atom stereocenters. The molecule has 0 bridgehead atoms. The van der Waals surface area contributed by atoms with E-state index in [1.165, 1.54) is 0 Å². The molecule has 0 spiro atoms. The molecule has 1 amide bonds. The van der Waals surface area contributed by atoms with Crippen LogP contribution in [0.5, 0.6) is 11.5 Å². The monoisotopic (exact) mass is 331 g/mol. The zero-order chi connectivity index (χ0) is 16.4. The molecule has 1 saturated carbocycles. The smallest absolute Gasteiger partial charge is 0.231 e. The van der Waals surface area contributed by atoms with Gasteiger partial charge in [-0.05, 0) is 49.3 Å². The Labute approximate surface area is 142 Å². The molecule has 0 radical (unpaired) electrons. The van der Waals surface area contributed by atoms with Crippen LogP contribution < -0.4 is 20.3 Å². The van der Waals surface area contributed by atoms with Crippen LogP contribution in [0.3, 0.4) is 0 Å². The average Bonchev–Trinajstić information content (AvgIpc) is 3.09. The highest BCUT2D eigenvalue weighted by Crippen LogP contribution is 2.34. The lowest BCUT2D eigenvalue weighted by molar-refractivity contribution is -0.132. The molecular weight excluding hydrogens is 306 g/mol. The van der Waals surface area contributed by atoms with Crippen molar-refractivity contribution < 1.29 is 14.3 Å². The Kier molecular flexibility index (Phi) is 4.58. The van der Waals surface area contributed by atoms with Crippen molar-refractivity contribution in [2.24, 2.45) is 5.92 Å². The second-order valence-corrected chi connectivity index (χ2v) is 6.96. The molecule has 2 N–H and O–H groups in total. The Hall–Kier alpha value is -1.79. The van der Waals surface area contributed by atoms with E-state index in [2.05, 4.69) is 15.8 Å². The minimum Gasteiger partial charge on any atom is -0.454 e. The second-order valence-electron chi connectivity index (χ2n) is 6.96. The van der Waals surface area contributed by atoms with Crippen LogP contribution in [-0.4, -0.2) is 36.7 Å². The molecule has 2 aliphatic heterocycles. The second kappa shape index (κ2) is 6.99. The molecule has 6 heteroatoms. The molecule has 1 aromatic carbocycles. The summed E-state index contributed by atoms with van der Waals surface area (Å²) >= 11 is 0. The van der Waals surface area contributed by atoms with Gasteiger partial charge in [-0.1, -0.05) is 6.07 Å². The van der Waals surface area contributed by atoms with Gasteiger partial charge in [-0.3, -0.25) is 15.6 Å². The fourth-order valence-electron chi connectivity index (χ4n) is 3.44. The molecule has 0 unspecified atom stereocenters. The molecule has 1 aromatic rings. The van der Waals surface area contributed by atoms with Crippen LogP contribution >= 0.6 is 0 Å². The normalized spacial score (nSPS) is 19.7. The lowest BCUT2D eigenvalue weighted by Crippen LogP contribution is -2.32. The highest BCUT2D eigenvalue weighted by atomic mass is 16.7. The Morgan fingerprint density at radius 3 is 2.75 bits per heavy atom. The first-order valence-corrected chi connectivity index (χ1v) is 8.93. The highest BCUT2D eigenvalue weighted by molar-refractivity contribution is 5.76. The SMILES string of the molecule is O=C(CCCC1CNNC1)N(Cc1ccc2c(c1)OCO2)C1CC1. The number of nitrogens with one attached hydrogen (secondary N) is 2. The number of hydrazine groups is 1. The fraction of sp³-hybridized carbons (Fsp3) is 0.611. The van der Waals surface area contributed by atoms with Crippen molar-refractivity contribution >= 4 is 5.91 Å². The standard InChI is InChI=1S/C18H25N3O3/c22-18(3-1-2-14-9-19-20-10-14)21(15-5-6-15)11-13-4-7-16-17(8-13)24-12-23-16/h4,7-8,14-15,19-20H,1-3,5-6,9-12H2. The zero-order valence-corrected chi connectivity index (χ0v) is 13.9. The fourth-order valence-corrected chi connectivity index (χ4v) is 3.44. The van der Waals surface area contributed by atoms with Gasteiger partial charge in [0.05, 0.1) is 0 Å². The molecule has 0 aromatic heterocycles. The van der Waals surface area contributed by atoms with Gasteiger partial charge in [0, 0.05) is 32.1 Å². The molecule has 4 rings (SSSR count). The van der Waals surface area contributed by atoms with E-state index in [0.717, 1.165) is 55.8 Å². The number of fused-ring (bicyclic) bond motifs is 1. The van der Waals surface area contributed by atoms with E-state index in [4.69, 9.17) is 9.47 Å². The summed E-state index contributed by atoms with van der Waals surface area (Å²) in [5.74, 6) is 2.52. The van der Waals surface area contributed by atoms with Crippen molar-refractivity contribution in [2.75, 3.05) is 19.9 Å². The molecule has 2 heterocycles. The van der Waals surface area contributed by atoms with Gasteiger partial charge in [0.2, 0.25) is 12.7 Å². The predicted octanol–water partition coefficient (Wildman–Crippen LogP) is 1.80. The maximum Gasteiger partial charge on any atom is 0.231 e. The molecular formula is C18H25N3O3. The van der Waals surface area contributed by atoms with Crippen LogP contribution in [0.25, 0.3) is 0 Å². The summed E-state index contributed by atoms with van der Waals surface area (Å²) in [6, 6.07) is 6.40. The number of hydrogen-bond acceptors (Lipinski definition) is 5. The van der Waals surface area contributed by atoms with Gasteiger partial charge in [-0.25, -0.2) is 0 Å². The molecule has 3 aliphatic rings. The molecule has 6 nitrogen and oxygen atoms in total. The average molecular weight is 331 g/mol. The maximum absolute atomic E-state index is 12.7. The van der Waals surface area contributed by atoms with E-state index in [-0.39, 0.29) is 12.7 Å². The van der Waals surface area contributed by atoms with Crippen LogP contribution in [0, 0.1) is 5.92 Å². The minimum absolute atomic E-state index is 0.286. The summed E-state index contributed by atoms with van der Waals surface area (Å²) in [5, 5.41) is 0. The van der Waals surface area contributed by atoms with Crippen LogP contribution in [0.1, 0.15) is 37.7 Å². The van der Waals surface area contributed by atoms with Crippen LogP contribution in [-0.2, 0) is 11.3 Å². The molecule has 1 aliphatic carbocycles. The Balaban J connectivity index is 1.32. The predicted molar refractivity (Wildman–Crippen MR) is 89.5 cm³/mol. The number of carbonyl (C=O) groups excluding carboxylic acids is 1. The van der Waals surface area contributed by atoms with Crippen molar-refractivity contribution in [3.8, 4) is 11.5 Å². The number of rotatable bonds is 7. The van der Waals surface area contributed by atoms with Gasteiger partial charge in [-0.2, -0.15) is 0 Å². The first-order valence-electron chi connectivity index (χ1n) is 8.93. The van der Waals surface area contributed by atoms with Crippen molar-refractivity contribution in [2.45, 2.75) is 44.7 Å². The van der Waals surface area contributed by atoms with Crippen molar-refractivity contribution in [1.82, 2.24) is 15.8 Å². The summed E-state index contributed by atoms with van der Waals surface area (Å²) in [4.78, 5) is 14.7. The Morgan fingerprint density at radius 1 is 1.17 bits per heavy atom.